The minimum atomic E-state index is -4.14. The summed E-state index contributed by atoms with van der Waals surface area (Å²) in [6.45, 7) is 1.45. The molecular formula is C10H8ClF2N3O2S. The lowest BCUT2D eigenvalue weighted by atomic mass is 10.1. The predicted molar refractivity (Wildman–Crippen MR) is 64.1 cm³/mol. The molecule has 2 rings (SSSR count). The fourth-order valence-electron chi connectivity index (χ4n) is 1.61. The largest absolute Gasteiger partial charge is 0.300 e. The SMILES string of the molecule is Cc1ccc(F)c(-c2nnc(S(=O)(=O)Cl)n2C)c1F. The Kier molecular flexibility index (Phi) is 3.31. The molecule has 19 heavy (non-hydrogen) atoms. The molecule has 0 atom stereocenters. The van der Waals surface area contributed by atoms with Gasteiger partial charge in [-0.1, -0.05) is 6.07 Å². The molecule has 9 heteroatoms. The van der Waals surface area contributed by atoms with Crippen molar-refractivity contribution in [2.75, 3.05) is 0 Å². The van der Waals surface area contributed by atoms with Crippen LogP contribution in [0.25, 0.3) is 11.4 Å². The molecule has 0 aliphatic heterocycles. The van der Waals surface area contributed by atoms with Crippen molar-refractivity contribution in [3.8, 4) is 11.4 Å². The Bertz CT molecular complexity index is 758. The zero-order valence-electron chi connectivity index (χ0n) is 9.85. The van der Waals surface area contributed by atoms with E-state index in [0.29, 0.717) is 0 Å². The van der Waals surface area contributed by atoms with Gasteiger partial charge < -0.3 is 0 Å². The fourth-order valence-corrected chi connectivity index (χ4v) is 2.56. The van der Waals surface area contributed by atoms with Gasteiger partial charge in [0.25, 0.3) is 14.2 Å². The van der Waals surface area contributed by atoms with Crippen molar-refractivity contribution in [1.82, 2.24) is 14.8 Å². The summed E-state index contributed by atoms with van der Waals surface area (Å²) in [5.74, 6) is -1.94. The third-order valence-corrected chi connectivity index (χ3v) is 3.77. The summed E-state index contributed by atoms with van der Waals surface area (Å²) in [6, 6.07) is 2.33. The lowest BCUT2D eigenvalue weighted by molar-refractivity contribution is 0.577. The molecule has 0 saturated heterocycles. The van der Waals surface area contributed by atoms with Gasteiger partial charge in [-0.05, 0) is 18.6 Å². The molecule has 0 unspecified atom stereocenters. The molecule has 0 amide bonds. The highest BCUT2D eigenvalue weighted by Gasteiger charge is 2.25. The Morgan fingerprint density at radius 2 is 1.89 bits per heavy atom. The number of aromatic nitrogens is 3. The maximum atomic E-state index is 13.9. The lowest BCUT2D eigenvalue weighted by Gasteiger charge is -2.06. The second-order valence-electron chi connectivity index (χ2n) is 3.86. The average Bonchev–Trinajstić information content (AvgIpc) is 2.67. The molecule has 0 N–H and O–H groups in total. The summed E-state index contributed by atoms with van der Waals surface area (Å²) >= 11 is 0. The molecule has 102 valence electrons. The molecule has 0 spiro atoms. The predicted octanol–water partition coefficient (Wildman–Crippen LogP) is 2.00. The molecule has 2 aromatic rings. The van der Waals surface area contributed by atoms with E-state index in [1.54, 1.807) is 0 Å². The van der Waals surface area contributed by atoms with Gasteiger partial charge in [-0.3, -0.25) is 4.57 Å². The number of nitrogens with zero attached hydrogens (tertiary/aromatic N) is 3. The molecule has 5 nitrogen and oxygen atoms in total. The van der Waals surface area contributed by atoms with E-state index in [2.05, 4.69) is 10.2 Å². The first kappa shape index (κ1) is 13.9. The zero-order chi connectivity index (χ0) is 14.4. The maximum Gasteiger partial charge on any atom is 0.296 e. The van der Waals surface area contributed by atoms with E-state index >= 15 is 0 Å². The van der Waals surface area contributed by atoms with Gasteiger partial charge in [0, 0.05) is 17.7 Å². The molecule has 0 aliphatic carbocycles. The summed E-state index contributed by atoms with van der Waals surface area (Å²) in [7, 11) is 2.25. The third-order valence-electron chi connectivity index (χ3n) is 2.56. The van der Waals surface area contributed by atoms with E-state index in [1.165, 1.54) is 20.0 Å². The molecule has 0 fully saturated rings. The van der Waals surface area contributed by atoms with E-state index in [0.717, 1.165) is 10.6 Å². The fraction of sp³-hybridized carbons (Fsp3) is 0.200. The molecule has 0 bridgehead atoms. The molecule has 0 aliphatic rings. The van der Waals surface area contributed by atoms with Crippen LogP contribution in [0.5, 0.6) is 0 Å². The molecule has 1 heterocycles. The summed E-state index contributed by atoms with van der Waals surface area (Å²) in [5.41, 5.74) is -0.240. The smallest absolute Gasteiger partial charge is 0.296 e. The van der Waals surface area contributed by atoms with E-state index in [9.17, 15) is 17.2 Å². The Morgan fingerprint density at radius 3 is 2.42 bits per heavy atom. The van der Waals surface area contributed by atoms with Gasteiger partial charge in [0.1, 0.15) is 11.6 Å². The van der Waals surface area contributed by atoms with Gasteiger partial charge in [-0.25, -0.2) is 17.2 Å². The first-order chi connectivity index (χ1) is 8.73. The minimum absolute atomic E-state index is 0.203. The van der Waals surface area contributed by atoms with E-state index in [1.807, 2.05) is 0 Å². The van der Waals surface area contributed by atoms with Crippen LogP contribution in [0.15, 0.2) is 17.3 Å². The van der Waals surface area contributed by atoms with Crippen molar-refractivity contribution >= 4 is 19.7 Å². The minimum Gasteiger partial charge on any atom is -0.300 e. The Morgan fingerprint density at radius 1 is 1.26 bits per heavy atom. The summed E-state index contributed by atoms with van der Waals surface area (Å²) in [4.78, 5) is 0. The van der Waals surface area contributed by atoms with Gasteiger partial charge in [-0.15, -0.1) is 10.2 Å². The van der Waals surface area contributed by atoms with Gasteiger partial charge in [-0.2, -0.15) is 0 Å². The normalized spacial score (nSPS) is 11.8. The Balaban J connectivity index is 2.75. The number of benzene rings is 1. The van der Waals surface area contributed by atoms with Crippen LogP contribution in [0, 0.1) is 18.6 Å². The topological polar surface area (TPSA) is 64.8 Å². The second-order valence-corrected chi connectivity index (χ2v) is 6.32. The standard InChI is InChI=1S/C10H8ClF2N3O2S/c1-5-3-4-6(12)7(8(5)13)9-14-15-10(16(9)2)19(11,17)18/h3-4H,1-2H3. The first-order valence-electron chi connectivity index (χ1n) is 5.02. The number of halogens is 3. The zero-order valence-corrected chi connectivity index (χ0v) is 11.4. The molecular weight excluding hydrogens is 300 g/mol. The van der Waals surface area contributed by atoms with Crippen LogP contribution in [0.4, 0.5) is 8.78 Å². The van der Waals surface area contributed by atoms with Crippen LogP contribution < -0.4 is 0 Å². The average molecular weight is 308 g/mol. The van der Waals surface area contributed by atoms with Gasteiger partial charge in [0.05, 0.1) is 5.56 Å². The monoisotopic (exact) mass is 307 g/mol. The lowest BCUT2D eigenvalue weighted by Crippen LogP contribution is -2.05. The quantitative estimate of drug-likeness (QED) is 0.796. The van der Waals surface area contributed by atoms with Crippen LogP contribution in [0.2, 0.25) is 0 Å². The number of hydrogen-bond acceptors (Lipinski definition) is 4. The van der Waals surface area contributed by atoms with Crippen molar-refractivity contribution in [3.63, 3.8) is 0 Å². The highest BCUT2D eigenvalue weighted by molar-refractivity contribution is 8.13. The summed E-state index contributed by atoms with van der Waals surface area (Å²) in [6.07, 6.45) is 0. The Labute approximate surface area is 112 Å². The number of rotatable bonds is 2. The first-order valence-corrected chi connectivity index (χ1v) is 7.33. The maximum absolute atomic E-state index is 13.9. The van der Waals surface area contributed by atoms with Crippen LogP contribution in [-0.2, 0) is 16.1 Å². The second kappa shape index (κ2) is 4.53. The van der Waals surface area contributed by atoms with Gasteiger partial charge in [0.2, 0.25) is 0 Å². The number of hydrogen-bond donors (Lipinski definition) is 0. The van der Waals surface area contributed by atoms with E-state index in [-0.39, 0.29) is 11.4 Å². The molecule has 0 saturated carbocycles. The summed E-state index contributed by atoms with van der Waals surface area (Å²) < 4.78 is 50.9. The third kappa shape index (κ3) is 2.33. The van der Waals surface area contributed by atoms with Crippen molar-refractivity contribution in [1.29, 1.82) is 0 Å². The van der Waals surface area contributed by atoms with Crippen molar-refractivity contribution in [2.24, 2.45) is 7.05 Å². The highest BCUT2D eigenvalue weighted by Crippen LogP contribution is 2.27. The molecule has 1 aromatic carbocycles. The van der Waals surface area contributed by atoms with E-state index in [4.69, 9.17) is 10.7 Å². The van der Waals surface area contributed by atoms with Crippen LogP contribution >= 0.6 is 10.7 Å². The van der Waals surface area contributed by atoms with Crippen LogP contribution in [-0.4, -0.2) is 23.2 Å². The van der Waals surface area contributed by atoms with Crippen LogP contribution in [0.1, 0.15) is 5.56 Å². The van der Waals surface area contributed by atoms with Crippen molar-refractivity contribution in [3.05, 3.63) is 29.3 Å². The van der Waals surface area contributed by atoms with Crippen LogP contribution in [0.3, 0.4) is 0 Å². The van der Waals surface area contributed by atoms with Crippen molar-refractivity contribution < 1.29 is 17.2 Å². The van der Waals surface area contributed by atoms with Gasteiger partial charge in [0.15, 0.2) is 5.82 Å². The summed E-state index contributed by atoms with van der Waals surface area (Å²) in [5, 5.41) is 6.24. The molecule has 0 radical (unpaired) electrons. The Hall–Kier alpha value is -1.54. The highest BCUT2D eigenvalue weighted by atomic mass is 35.7. The van der Waals surface area contributed by atoms with E-state index < -0.39 is 31.4 Å². The van der Waals surface area contributed by atoms with Gasteiger partial charge >= 0.3 is 0 Å². The van der Waals surface area contributed by atoms with Crippen molar-refractivity contribution in [2.45, 2.75) is 12.1 Å². The molecule has 1 aromatic heterocycles. The number of aryl methyl sites for hydroxylation is 1.